The van der Waals surface area contributed by atoms with Gasteiger partial charge in [0.1, 0.15) is 0 Å². The molecule has 1 rings (SSSR count). The van der Waals surface area contributed by atoms with E-state index in [-0.39, 0.29) is 18.0 Å². The van der Waals surface area contributed by atoms with Crippen LogP contribution in [0, 0.1) is 11.3 Å². The molecule has 0 aromatic rings. The number of hydrogen-bond donors (Lipinski definition) is 3. The fourth-order valence-electron chi connectivity index (χ4n) is 2.70. The second-order valence-electron chi connectivity index (χ2n) is 7.30. The van der Waals surface area contributed by atoms with Crippen LogP contribution in [-0.4, -0.2) is 29.7 Å². The minimum atomic E-state index is -0.711. The van der Waals surface area contributed by atoms with Crippen LogP contribution in [0.3, 0.4) is 0 Å². The van der Waals surface area contributed by atoms with Crippen molar-refractivity contribution in [2.45, 2.75) is 71.8 Å². The molecule has 1 aliphatic carbocycles. The summed E-state index contributed by atoms with van der Waals surface area (Å²) in [5.74, 6) is -0.944. The second kappa shape index (κ2) is 8.25. The number of urea groups is 1. The van der Waals surface area contributed by atoms with E-state index in [9.17, 15) is 9.59 Å². The van der Waals surface area contributed by atoms with E-state index in [2.05, 4.69) is 31.4 Å². The van der Waals surface area contributed by atoms with Gasteiger partial charge in [-0.05, 0) is 43.9 Å². The maximum atomic E-state index is 11.7. The number of nitrogens with one attached hydrogen (secondary N) is 2. The maximum Gasteiger partial charge on any atom is 0.315 e. The van der Waals surface area contributed by atoms with Gasteiger partial charge in [0, 0.05) is 12.6 Å². The number of carboxylic acid groups (broad SMARTS) is 1. The Labute approximate surface area is 127 Å². The van der Waals surface area contributed by atoms with Crippen LogP contribution in [0.2, 0.25) is 0 Å². The molecule has 0 aromatic carbocycles. The number of hydrogen-bond acceptors (Lipinski definition) is 2. The van der Waals surface area contributed by atoms with Gasteiger partial charge in [0.2, 0.25) is 0 Å². The number of carbonyl (C=O) groups excluding carboxylic acids is 1. The van der Waals surface area contributed by atoms with Crippen molar-refractivity contribution in [2.75, 3.05) is 6.54 Å². The lowest BCUT2D eigenvalue weighted by atomic mass is 9.86. The third kappa shape index (κ3) is 7.93. The zero-order chi connectivity index (χ0) is 15.9. The van der Waals surface area contributed by atoms with E-state index >= 15 is 0 Å². The number of carboxylic acids is 1. The summed E-state index contributed by atoms with van der Waals surface area (Å²) in [6.07, 6.45) is 6.11. The van der Waals surface area contributed by atoms with E-state index in [4.69, 9.17) is 5.11 Å². The third-order valence-corrected chi connectivity index (χ3v) is 4.05. The zero-order valence-electron chi connectivity index (χ0n) is 13.6. The largest absolute Gasteiger partial charge is 0.481 e. The zero-order valence-corrected chi connectivity index (χ0v) is 13.6. The first-order chi connectivity index (χ1) is 9.78. The highest BCUT2D eigenvalue weighted by Gasteiger charge is 2.26. The van der Waals surface area contributed by atoms with Crippen LogP contribution < -0.4 is 10.6 Å². The maximum absolute atomic E-state index is 11.7. The van der Waals surface area contributed by atoms with Gasteiger partial charge in [-0.2, -0.15) is 0 Å². The SMILES string of the molecule is CC(C)(C)CCCCNC(=O)NC1CCC(C(=O)O)CC1. The van der Waals surface area contributed by atoms with Crippen LogP contribution in [0.25, 0.3) is 0 Å². The van der Waals surface area contributed by atoms with Crippen molar-refractivity contribution < 1.29 is 14.7 Å². The smallest absolute Gasteiger partial charge is 0.315 e. The molecule has 2 amide bonds. The highest BCUT2D eigenvalue weighted by molar-refractivity contribution is 5.74. The Kier molecular flexibility index (Phi) is 6.99. The summed E-state index contributed by atoms with van der Waals surface area (Å²) in [6.45, 7) is 7.37. The minimum absolute atomic E-state index is 0.121. The molecule has 0 bridgehead atoms. The molecule has 0 spiro atoms. The number of amides is 2. The standard InChI is InChI=1S/C16H30N2O3/c1-16(2,3)10-4-5-11-17-15(21)18-13-8-6-12(7-9-13)14(19)20/h12-13H,4-11H2,1-3H3,(H,19,20)(H2,17,18,21). The van der Waals surface area contributed by atoms with Crippen LogP contribution in [-0.2, 0) is 4.79 Å². The highest BCUT2D eigenvalue weighted by Crippen LogP contribution is 2.24. The Morgan fingerprint density at radius 3 is 2.24 bits per heavy atom. The average Bonchev–Trinajstić information content (AvgIpc) is 2.37. The summed E-state index contributed by atoms with van der Waals surface area (Å²) < 4.78 is 0. The highest BCUT2D eigenvalue weighted by atomic mass is 16.4. The number of aliphatic carboxylic acids is 1. The van der Waals surface area contributed by atoms with Crippen LogP contribution in [0.5, 0.6) is 0 Å². The van der Waals surface area contributed by atoms with Crippen LogP contribution in [0.15, 0.2) is 0 Å². The third-order valence-electron chi connectivity index (χ3n) is 4.05. The molecule has 0 saturated heterocycles. The van der Waals surface area contributed by atoms with Crippen LogP contribution in [0.4, 0.5) is 4.79 Å². The topological polar surface area (TPSA) is 78.4 Å². The van der Waals surface area contributed by atoms with Gasteiger partial charge >= 0.3 is 12.0 Å². The quantitative estimate of drug-likeness (QED) is 0.659. The molecule has 1 saturated carbocycles. The molecule has 5 heteroatoms. The monoisotopic (exact) mass is 298 g/mol. The molecular formula is C16H30N2O3. The van der Waals surface area contributed by atoms with Crippen molar-refractivity contribution in [2.24, 2.45) is 11.3 Å². The number of unbranched alkanes of at least 4 members (excludes halogenated alkanes) is 1. The Morgan fingerprint density at radius 2 is 1.71 bits per heavy atom. The predicted molar refractivity (Wildman–Crippen MR) is 83.2 cm³/mol. The predicted octanol–water partition coefficient (Wildman–Crippen LogP) is 3.15. The van der Waals surface area contributed by atoms with Crippen molar-refractivity contribution in [3.63, 3.8) is 0 Å². The summed E-state index contributed by atoms with van der Waals surface area (Å²) >= 11 is 0. The summed E-state index contributed by atoms with van der Waals surface area (Å²) in [4.78, 5) is 22.6. The van der Waals surface area contributed by atoms with E-state index in [1.54, 1.807) is 0 Å². The van der Waals surface area contributed by atoms with Gasteiger partial charge in [-0.15, -0.1) is 0 Å². The second-order valence-corrected chi connectivity index (χ2v) is 7.30. The summed E-state index contributed by atoms with van der Waals surface area (Å²) in [6, 6.07) is -0.000270. The fraction of sp³-hybridized carbons (Fsp3) is 0.875. The number of rotatable bonds is 6. The van der Waals surface area contributed by atoms with E-state index in [0.29, 0.717) is 24.8 Å². The number of carbonyl (C=O) groups is 2. The van der Waals surface area contributed by atoms with Crippen molar-refractivity contribution in [3.05, 3.63) is 0 Å². The molecule has 5 nitrogen and oxygen atoms in total. The average molecular weight is 298 g/mol. The molecule has 0 aliphatic heterocycles. The minimum Gasteiger partial charge on any atom is -0.481 e. The van der Waals surface area contributed by atoms with E-state index in [1.807, 2.05) is 0 Å². The van der Waals surface area contributed by atoms with Gasteiger partial charge < -0.3 is 15.7 Å². The lowest BCUT2D eigenvalue weighted by Crippen LogP contribution is -2.44. The first-order valence-electron chi connectivity index (χ1n) is 8.05. The summed E-state index contributed by atoms with van der Waals surface area (Å²) in [5, 5.41) is 14.8. The molecule has 0 radical (unpaired) electrons. The summed E-state index contributed by atoms with van der Waals surface area (Å²) in [5.41, 5.74) is 0.352. The molecule has 0 heterocycles. The molecule has 0 atom stereocenters. The molecular weight excluding hydrogens is 268 g/mol. The van der Waals surface area contributed by atoms with Crippen LogP contribution >= 0.6 is 0 Å². The molecule has 122 valence electrons. The van der Waals surface area contributed by atoms with E-state index in [1.165, 1.54) is 0 Å². The van der Waals surface area contributed by atoms with Gasteiger partial charge in [0.25, 0.3) is 0 Å². The molecule has 1 aliphatic rings. The lowest BCUT2D eigenvalue weighted by Gasteiger charge is -2.26. The van der Waals surface area contributed by atoms with E-state index < -0.39 is 5.97 Å². The fourth-order valence-corrected chi connectivity index (χ4v) is 2.70. The molecule has 3 N–H and O–H groups in total. The normalized spacial score (nSPS) is 22.6. The summed E-state index contributed by atoms with van der Waals surface area (Å²) in [7, 11) is 0. The van der Waals surface area contributed by atoms with Gasteiger partial charge in [-0.25, -0.2) is 4.79 Å². The molecule has 21 heavy (non-hydrogen) atoms. The van der Waals surface area contributed by atoms with Crippen LogP contribution in [0.1, 0.15) is 65.7 Å². The Hall–Kier alpha value is -1.26. The van der Waals surface area contributed by atoms with Gasteiger partial charge in [0.05, 0.1) is 5.92 Å². The Bertz CT molecular complexity index is 342. The van der Waals surface area contributed by atoms with Crippen molar-refractivity contribution in [1.82, 2.24) is 10.6 Å². The molecule has 0 aromatic heterocycles. The van der Waals surface area contributed by atoms with Crippen molar-refractivity contribution in [3.8, 4) is 0 Å². The lowest BCUT2D eigenvalue weighted by molar-refractivity contribution is -0.142. The molecule has 0 unspecified atom stereocenters. The Morgan fingerprint density at radius 1 is 1.10 bits per heavy atom. The van der Waals surface area contributed by atoms with Gasteiger partial charge in [0.15, 0.2) is 0 Å². The van der Waals surface area contributed by atoms with Gasteiger partial charge in [-0.3, -0.25) is 4.79 Å². The first-order valence-corrected chi connectivity index (χ1v) is 8.05. The van der Waals surface area contributed by atoms with E-state index in [0.717, 1.165) is 32.1 Å². The Balaban J connectivity index is 2.08. The van der Waals surface area contributed by atoms with Gasteiger partial charge in [-0.1, -0.05) is 27.2 Å². The first kappa shape index (κ1) is 17.8. The molecule has 1 fully saturated rings. The van der Waals surface area contributed by atoms with Crippen molar-refractivity contribution in [1.29, 1.82) is 0 Å². The van der Waals surface area contributed by atoms with Crippen molar-refractivity contribution >= 4 is 12.0 Å².